The summed E-state index contributed by atoms with van der Waals surface area (Å²) in [6, 6.07) is 0.468. The second kappa shape index (κ2) is 8.11. The van der Waals surface area contributed by atoms with Crippen LogP contribution in [0.4, 0.5) is 4.79 Å². The molecule has 3 rings (SSSR count). The number of amides is 3. The van der Waals surface area contributed by atoms with Crippen molar-refractivity contribution < 1.29 is 9.59 Å². The minimum Gasteiger partial charge on any atom is -0.322 e. The lowest BCUT2D eigenvalue weighted by Gasteiger charge is -2.40. The summed E-state index contributed by atoms with van der Waals surface area (Å²) in [7, 11) is 0. The van der Waals surface area contributed by atoms with Crippen LogP contribution in [-0.4, -0.2) is 67.0 Å². The Bertz CT molecular complexity index is 409. The summed E-state index contributed by atoms with van der Waals surface area (Å²) in [6.45, 7) is 5.51. The van der Waals surface area contributed by atoms with Gasteiger partial charge < -0.3 is 10.2 Å². The summed E-state index contributed by atoms with van der Waals surface area (Å²) >= 11 is 0. The third kappa shape index (κ3) is 4.44. The Morgan fingerprint density at radius 2 is 1.52 bits per heavy atom. The smallest absolute Gasteiger partial charge is 0.322 e. The zero-order valence-corrected chi connectivity index (χ0v) is 14.1. The number of imide groups is 1. The number of rotatable bonds is 2. The van der Waals surface area contributed by atoms with Gasteiger partial charge in [-0.25, -0.2) is 4.79 Å². The monoisotopic (exact) mass is 322 g/mol. The Hall–Kier alpha value is -1.14. The van der Waals surface area contributed by atoms with Crippen LogP contribution in [0.2, 0.25) is 0 Å². The molecule has 3 amide bonds. The Morgan fingerprint density at radius 1 is 0.870 bits per heavy atom. The third-order valence-electron chi connectivity index (χ3n) is 5.63. The second-order valence-corrected chi connectivity index (χ2v) is 7.13. The standard InChI is InChI=1S/C17H30N4O2/c22-16(14-4-2-1-3-5-14)19-17(23)21-12-10-20(11-13-21)15-6-8-18-9-7-15/h14-15,18H,1-13H2,(H,19,22,23). The molecule has 1 aliphatic carbocycles. The number of piperazine rings is 1. The van der Waals surface area contributed by atoms with Crippen molar-refractivity contribution in [2.75, 3.05) is 39.3 Å². The fourth-order valence-electron chi connectivity index (χ4n) is 4.11. The van der Waals surface area contributed by atoms with Gasteiger partial charge in [-0.05, 0) is 38.8 Å². The molecule has 0 aromatic carbocycles. The van der Waals surface area contributed by atoms with Crippen LogP contribution >= 0.6 is 0 Å². The van der Waals surface area contributed by atoms with Crippen molar-refractivity contribution in [1.29, 1.82) is 0 Å². The molecule has 0 unspecified atom stereocenters. The zero-order chi connectivity index (χ0) is 16.1. The molecule has 0 aromatic heterocycles. The molecule has 0 spiro atoms. The first-order chi connectivity index (χ1) is 11.2. The maximum Gasteiger partial charge on any atom is 0.324 e. The average Bonchev–Trinajstić information content (AvgIpc) is 2.63. The Balaban J connectivity index is 1.41. The quantitative estimate of drug-likeness (QED) is 0.801. The van der Waals surface area contributed by atoms with Gasteiger partial charge in [0.1, 0.15) is 0 Å². The number of piperidine rings is 1. The van der Waals surface area contributed by atoms with Gasteiger partial charge in [0, 0.05) is 38.1 Å². The molecule has 0 aromatic rings. The Kier molecular flexibility index (Phi) is 5.89. The van der Waals surface area contributed by atoms with Crippen molar-refractivity contribution in [2.24, 2.45) is 5.92 Å². The van der Waals surface area contributed by atoms with Crippen LogP contribution in [0, 0.1) is 5.92 Å². The summed E-state index contributed by atoms with van der Waals surface area (Å²) in [5.74, 6) is -0.0146. The maximum atomic E-state index is 12.3. The van der Waals surface area contributed by atoms with Gasteiger partial charge in [-0.2, -0.15) is 0 Å². The van der Waals surface area contributed by atoms with Crippen LogP contribution in [0.5, 0.6) is 0 Å². The molecule has 1 saturated carbocycles. The highest BCUT2D eigenvalue weighted by Gasteiger charge is 2.29. The van der Waals surface area contributed by atoms with Crippen molar-refractivity contribution in [1.82, 2.24) is 20.4 Å². The molecular formula is C17H30N4O2. The van der Waals surface area contributed by atoms with Crippen molar-refractivity contribution in [3.05, 3.63) is 0 Å². The average molecular weight is 322 g/mol. The first-order valence-electron chi connectivity index (χ1n) is 9.28. The summed E-state index contributed by atoms with van der Waals surface area (Å²) < 4.78 is 0. The second-order valence-electron chi connectivity index (χ2n) is 7.13. The van der Waals surface area contributed by atoms with Crippen LogP contribution in [0.25, 0.3) is 0 Å². The molecule has 2 N–H and O–H groups in total. The highest BCUT2D eigenvalue weighted by Crippen LogP contribution is 2.23. The van der Waals surface area contributed by atoms with E-state index < -0.39 is 0 Å². The Labute approximate surface area is 139 Å². The SMILES string of the molecule is O=C(NC(=O)N1CCN(C2CCNCC2)CC1)C1CCCCC1. The lowest BCUT2D eigenvalue weighted by atomic mass is 9.89. The molecule has 3 fully saturated rings. The van der Waals surface area contributed by atoms with Gasteiger partial charge in [0.05, 0.1) is 0 Å². The van der Waals surface area contributed by atoms with Crippen LogP contribution in [0.1, 0.15) is 44.9 Å². The van der Waals surface area contributed by atoms with E-state index in [1.54, 1.807) is 4.90 Å². The van der Waals surface area contributed by atoms with Crippen LogP contribution in [0.3, 0.4) is 0 Å². The number of carbonyl (C=O) groups excluding carboxylic acids is 2. The molecule has 2 aliphatic heterocycles. The molecule has 130 valence electrons. The van der Waals surface area contributed by atoms with Gasteiger partial charge in [-0.3, -0.25) is 15.0 Å². The van der Waals surface area contributed by atoms with E-state index in [0.717, 1.165) is 65.0 Å². The predicted molar refractivity (Wildman–Crippen MR) is 89.2 cm³/mol. The lowest BCUT2D eigenvalue weighted by Crippen LogP contribution is -2.56. The zero-order valence-electron chi connectivity index (χ0n) is 14.1. The van der Waals surface area contributed by atoms with Gasteiger partial charge in [-0.15, -0.1) is 0 Å². The van der Waals surface area contributed by atoms with E-state index in [1.807, 2.05) is 0 Å². The van der Waals surface area contributed by atoms with Gasteiger partial charge >= 0.3 is 6.03 Å². The number of nitrogens with zero attached hydrogens (tertiary/aromatic N) is 2. The van der Waals surface area contributed by atoms with E-state index >= 15 is 0 Å². The van der Waals surface area contributed by atoms with Crippen molar-refractivity contribution in [3.8, 4) is 0 Å². The third-order valence-corrected chi connectivity index (χ3v) is 5.63. The fourth-order valence-corrected chi connectivity index (χ4v) is 4.11. The highest BCUT2D eigenvalue weighted by atomic mass is 16.2. The van der Waals surface area contributed by atoms with E-state index in [2.05, 4.69) is 15.5 Å². The molecule has 0 bridgehead atoms. The summed E-state index contributed by atoms with van der Waals surface area (Å²) in [5, 5.41) is 6.03. The molecule has 6 heteroatoms. The molecule has 2 saturated heterocycles. The van der Waals surface area contributed by atoms with Crippen LogP contribution in [0.15, 0.2) is 0 Å². The predicted octanol–water partition coefficient (Wildman–Crippen LogP) is 1.17. The molecule has 0 radical (unpaired) electrons. The topological polar surface area (TPSA) is 64.7 Å². The van der Waals surface area contributed by atoms with Gasteiger partial charge in [-0.1, -0.05) is 19.3 Å². The van der Waals surface area contributed by atoms with E-state index in [-0.39, 0.29) is 17.9 Å². The largest absolute Gasteiger partial charge is 0.324 e. The van der Waals surface area contributed by atoms with Crippen molar-refractivity contribution >= 4 is 11.9 Å². The normalized spacial score (nSPS) is 25.3. The van der Waals surface area contributed by atoms with Gasteiger partial charge in [0.2, 0.25) is 5.91 Å². The van der Waals surface area contributed by atoms with Crippen molar-refractivity contribution in [3.63, 3.8) is 0 Å². The number of hydrogen-bond donors (Lipinski definition) is 2. The first-order valence-corrected chi connectivity index (χ1v) is 9.28. The van der Waals surface area contributed by atoms with E-state index in [0.29, 0.717) is 6.04 Å². The molecule has 23 heavy (non-hydrogen) atoms. The van der Waals surface area contributed by atoms with Gasteiger partial charge in [0.15, 0.2) is 0 Å². The molecule has 3 aliphatic rings. The number of urea groups is 1. The molecule has 0 atom stereocenters. The van der Waals surface area contributed by atoms with Crippen LogP contribution in [-0.2, 0) is 4.79 Å². The lowest BCUT2D eigenvalue weighted by molar-refractivity contribution is -0.125. The minimum atomic E-state index is -0.189. The first kappa shape index (κ1) is 16.7. The van der Waals surface area contributed by atoms with E-state index in [4.69, 9.17) is 0 Å². The van der Waals surface area contributed by atoms with E-state index in [9.17, 15) is 9.59 Å². The van der Waals surface area contributed by atoms with Crippen LogP contribution < -0.4 is 10.6 Å². The fraction of sp³-hybridized carbons (Fsp3) is 0.882. The number of nitrogens with one attached hydrogen (secondary N) is 2. The van der Waals surface area contributed by atoms with E-state index in [1.165, 1.54) is 19.3 Å². The van der Waals surface area contributed by atoms with Gasteiger partial charge in [0.25, 0.3) is 0 Å². The number of carbonyl (C=O) groups is 2. The minimum absolute atomic E-state index is 0.0451. The molecule has 6 nitrogen and oxygen atoms in total. The summed E-state index contributed by atoms with van der Waals surface area (Å²) in [5.41, 5.74) is 0. The van der Waals surface area contributed by atoms with Crippen molar-refractivity contribution in [2.45, 2.75) is 51.0 Å². The number of hydrogen-bond acceptors (Lipinski definition) is 4. The molecular weight excluding hydrogens is 292 g/mol. The Morgan fingerprint density at radius 3 is 2.17 bits per heavy atom. The summed E-state index contributed by atoms with van der Waals surface area (Å²) in [4.78, 5) is 28.8. The maximum absolute atomic E-state index is 12.3. The molecule has 2 heterocycles. The highest BCUT2D eigenvalue weighted by molar-refractivity contribution is 5.95. The summed E-state index contributed by atoms with van der Waals surface area (Å²) in [6.07, 6.45) is 7.71.